The summed E-state index contributed by atoms with van der Waals surface area (Å²) in [6, 6.07) is 9.62. The van der Waals surface area contributed by atoms with E-state index in [0.29, 0.717) is 5.69 Å². The van der Waals surface area contributed by atoms with Crippen LogP contribution in [0.25, 0.3) is 17.1 Å². The summed E-state index contributed by atoms with van der Waals surface area (Å²) in [7, 11) is 0. The van der Waals surface area contributed by atoms with E-state index in [1.54, 1.807) is 6.20 Å². The first-order valence-corrected chi connectivity index (χ1v) is 4.13. The minimum absolute atomic E-state index is 0.188. The number of benzene rings is 1. The molecule has 1 aromatic carbocycles. The second-order valence-electron chi connectivity index (χ2n) is 2.80. The molecule has 0 radical (unpaired) electrons. The van der Waals surface area contributed by atoms with Gasteiger partial charge in [-0.2, -0.15) is 5.10 Å². The standard InChI is InChI=1S/C10H9N3O/c1-8(14)13-11-7-10(12-13)9-5-3-2-4-6-9/h2-7,14H,1H2. The molecular weight excluding hydrogens is 178 g/mol. The van der Waals surface area contributed by atoms with Crippen molar-refractivity contribution >= 4 is 5.88 Å². The third-order valence-corrected chi connectivity index (χ3v) is 1.79. The summed E-state index contributed by atoms with van der Waals surface area (Å²) in [6.07, 6.45) is 1.58. The summed E-state index contributed by atoms with van der Waals surface area (Å²) in [5, 5.41) is 16.9. The number of nitrogens with zero attached hydrogens (tertiary/aromatic N) is 3. The zero-order chi connectivity index (χ0) is 9.97. The highest BCUT2D eigenvalue weighted by molar-refractivity contribution is 5.57. The van der Waals surface area contributed by atoms with Gasteiger partial charge in [0.05, 0.1) is 6.20 Å². The van der Waals surface area contributed by atoms with Crippen LogP contribution in [-0.2, 0) is 0 Å². The Hall–Kier alpha value is -2.10. The van der Waals surface area contributed by atoms with Crippen LogP contribution in [0.3, 0.4) is 0 Å². The molecule has 1 N–H and O–H groups in total. The third kappa shape index (κ3) is 1.50. The predicted octanol–water partition coefficient (Wildman–Crippen LogP) is 1.93. The lowest BCUT2D eigenvalue weighted by Crippen LogP contribution is -1.98. The van der Waals surface area contributed by atoms with E-state index in [-0.39, 0.29) is 5.88 Å². The van der Waals surface area contributed by atoms with Crippen molar-refractivity contribution in [3.05, 3.63) is 43.1 Å². The molecule has 0 spiro atoms. The Balaban J connectivity index is 2.39. The molecule has 0 fully saturated rings. The summed E-state index contributed by atoms with van der Waals surface area (Å²) in [5.74, 6) is -0.188. The molecular formula is C10H9N3O. The lowest BCUT2D eigenvalue weighted by molar-refractivity contribution is 0.442. The van der Waals surface area contributed by atoms with E-state index < -0.39 is 0 Å². The molecule has 2 rings (SSSR count). The van der Waals surface area contributed by atoms with Gasteiger partial charge in [-0.05, 0) is 6.58 Å². The molecule has 0 saturated heterocycles. The van der Waals surface area contributed by atoms with Crippen molar-refractivity contribution in [1.29, 1.82) is 0 Å². The average Bonchev–Trinajstić information content (AvgIpc) is 2.68. The molecule has 0 aliphatic rings. The van der Waals surface area contributed by atoms with E-state index >= 15 is 0 Å². The molecule has 0 bridgehead atoms. The number of rotatable bonds is 2. The Morgan fingerprint density at radius 1 is 1.29 bits per heavy atom. The highest BCUT2D eigenvalue weighted by atomic mass is 16.3. The van der Waals surface area contributed by atoms with Crippen LogP contribution < -0.4 is 0 Å². The Morgan fingerprint density at radius 3 is 2.57 bits per heavy atom. The van der Waals surface area contributed by atoms with Gasteiger partial charge in [0.2, 0.25) is 5.88 Å². The minimum atomic E-state index is -0.188. The van der Waals surface area contributed by atoms with Gasteiger partial charge in [-0.3, -0.25) is 0 Å². The number of hydrogen-bond donors (Lipinski definition) is 1. The van der Waals surface area contributed by atoms with Crippen molar-refractivity contribution in [2.75, 3.05) is 0 Å². The van der Waals surface area contributed by atoms with Crippen LogP contribution in [0, 0.1) is 0 Å². The van der Waals surface area contributed by atoms with Crippen molar-refractivity contribution in [3.8, 4) is 11.3 Å². The van der Waals surface area contributed by atoms with Crippen LogP contribution in [0.4, 0.5) is 0 Å². The van der Waals surface area contributed by atoms with E-state index in [0.717, 1.165) is 10.4 Å². The molecule has 1 heterocycles. The van der Waals surface area contributed by atoms with Crippen LogP contribution in [-0.4, -0.2) is 20.1 Å². The topological polar surface area (TPSA) is 50.9 Å². The molecule has 0 unspecified atom stereocenters. The van der Waals surface area contributed by atoms with Gasteiger partial charge < -0.3 is 5.11 Å². The maximum Gasteiger partial charge on any atom is 0.223 e. The van der Waals surface area contributed by atoms with Crippen molar-refractivity contribution in [3.63, 3.8) is 0 Å². The Labute approximate surface area is 81.1 Å². The minimum Gasteiger partial charge on any atom is -0.493 e. The molecule has 4 heteroatoms. The van der Waals surface area contributed by atoms with Crippen molar-refractivity contribution in [1.82, 2.24) is 15.0 Å². The number of aliphatic hydroxyl groups excluding tert-OH is 1. The van der Waals surface area contributed by atoms with Crippen LogP contribution in [0.1, 0.15) is 0 Å². The van der Waals surface area contributed by atoms with E-state index in [2.05, 4.69) is 16.8 Å². The molecule has 0 amide bonds. The van der Waals surface area contributed by atoms with Gasteiger partial charge in [-0.25, -0.2) is 0 Å². The van der Waals surface area contributed by atoms with E-state index in [1.165, 1.54) is 0 Å². The van der Waals surface area contributed by atoms with Crippen molar-refractivity contribution < 1.29 is 5.11 Å². The molecule has 14 heavy (non-hydrogen) atoms. The SMILES string of the molecule is C=C(O)n1ncc(-c2ccccc2)n1. The zero-order valence-electron chi connectivity index (χ0n) is 7.46. The van der Waals surface area contributed by atoms with Gasteiger partial charge >= 0.3 is 0 Å². The van der Waals surface area contributed by atoms with Gasteiger partial charge in [-0.15, -0.1) is 9.90 Å². The molecule has 4 nitrogen and oxygen atoms in total. The first-order chi connectivity index (χ1) is 6.77. The van der Waals surface area contributed by atoms with E-state index in [9.17, 15) is 0 Å². The largest absolute Gasteiger partial charge is 0.493 e. The fraction of sp³-hybridized carbons (Fsp3) is 0. The lowest BCUT2D eigenvalue weighted by atomic mass is 10.2. The molecule has 2 aromatic rings. The average molecular weight is 187 g/mol. The Morgan fingerprint density at radius 2 is 2.00 bits per heavy atom. The van der Waals surface area contributed by atoms with Crippen LogP contribution in [0.5, 0.6) is 0 Å². The lowest BCUT2D eigenvalue weighted by Gasteiger charge is -1.94. The van der Waals surface area contributed by atoms with E-state index in [4.69, 9.17) is 5.11 Å². The first-order valence-electron chi connectivity index (χ1n) is 4.13. The van der Waals surface area contributed by atoms with Crippen LogP contribution in [0.15, 0.2) is 43.1 Å². The van der Waals surface area contributed by atoms with Crippen LogP contribution >= 0.6 is 0 Å². The van der Waals surface area contributed by atoms with E-state index in [1.807, 2.05) is 30.3 Å². The van der Waals surface area contributed by atoms with Gasteiger partial charge in [0.25, 0.3) is 0 Å². The molecule has 1 aromatic heterocycles. The summed E-state index contributed by atoms with van der Waals surface area (Å²) in [5.41, 5.74) is 1.67. The number of aliphatic hydroxyl groups is 1. The van der Waals surface area contributed by atoms with Crippen LogP contribution in [0.2, 0.25) is 0 Å². The smallest absolute Gasteiger partial charge is 0.223 e. The number of aromatic nitrogens is 3. The highest BCUT2D eigenvalue weighted by Gasteiger charge is 2.03. The predicted molar refractivity (Wildman–Crippen MR) is 53.4 cm³/mol. The second-order valence-corrected chi connectivity index (χ2v) is 2.80. The fourth-order valence-electron chi connectivity index (χ4n) is 1.13. The Bertz CT molecular complexity index is 447. The summed E-state index contributed by atoms with van der Waals surface area (Å²) >= 11 is 0. The molecule has 0 atom stereocenters. The first kappa shape index (κ1) is 8.50. The quantitative estimate of drug-likeness (QED) is 0.731. The summed E-state index contributed by atoms with van der Waals surface area (Å²) in [4.78, 5) is 1.09. The zero-order valence-corrected chi connectivity index (χ0v) is 7.46. The van der Waals surface area contributed by atoms with Gasteiger partial charge in [0.15, 0.2) is 0 Å². The van der Waals surface area contributed by atoms with Gasteiger partial charge in [0, 0.05) is 5.56 Å². The van der Waals surface area contributed by atoms with Crippen molar-refractivity contribution in [2.45, 2.75) is 0 Å². The number of hydrogen-bond acceptors (Lipinski definition) is 3. The molecule has 0 saturated carbocycles. The molecule has 0 aliphatic heterocycles. The third-order valence-electron chi connectivity index (χ3n) is 1.79. The molecule has 0 aliphatic carbocycles. The second kappa shape index (κ2) is 3.33. The van der Waals surface area contributed by atoms with Crippen molar-refractivity contribution in [2.24, 2.45) is 0 Å². The summed E-state index contributed by atoms with van der Waals surface area (Å²) in [6.45, 7) is 3.33. The maximum absolute atomic E-state index is 9.03. The molecule has 70 valence electrons. The maximum atomic E-state index is 9.03. The monoisotopic (exact) mass is 187 g/mol. The summed E-state index contributed by atoms with van der Waals surface area (Å²) < 4.78 is 0. The normalized spacial score (nSPS) is 10.0. The Kier molecular flexibility index (Phi) is 2.02. The van der Waals surface area contributed by atoms with Gasteiger partial charge in [0.1, 0.15) is 5.69 Å². The fourth-order valence-corrected chi connectivity index (χ4v) is 1.13. The van der Waals surface area contributed by atoms with Gasteiger partial charge in [-0.1, -0.05) is 30.3 Å². The highest BCUT2D eigenvalue weighted by Crippen LogP contribution is 2.14.